The molecule has 0 bridgehead atoms. The van der Waals surface area contributed by atoms with Crippen molar-refractivity contribution in [2.45, 2.75) is 26.9 Å². The number of ketones is 1. The van der Waals surface area contributed by atoms with Crippen LogP contribution in [0.3, 0.4) is 0 Å². The van der Waals surface area contributed by atoms with Gasteiger partial charge >= 0.3 is 5.97 Å². The van der Waals surface area contributed by atoms with Gasteiger partial charge in [-0.2, -0.15) is 0 Å². The molecule has 0 aliphatic carbocycles. The summed E-state index contributed by atoms with van der Waals surface area (Å²) in [6.07, 6.45) is -0.979. The van der Waals surface area contributed by atoms with E-state index in [1.54, 1.807) is 48.5 Å². The summed E-state index contributed by atoms with van der Waals surface area (Å²) in [5.41, 5.74) is 0.726. The first-order valence-electron chi connectivity index (χ1n) is 9.42. The number of amides is 1. The first-order chi connectivity index (χ1) is 14.0. The Labute approximate surface area is 170 Å². The second-order valence-electron chi connectivity index (χ2n) is 6.07. The van der Waals surface area contributed by atoms with Gasteiger partial charge in [0.25, 0.3) is 5.91 Å². The van der Waals surface area contributed by atoms with E-state index in [1.165, 1.54) is 6.92 Å². The number of Topliss-reactive ketones (excluding diaryl/α,β-unsaturated/α-hetero) is 1. The summed E-state index contributed by atoms with van der Waals surface area (Å²) < 4.78 is 15.9. The maximum Gasteiger partial charge on any atom is 0.326 e. The number of hydrogen-bond donors (Lipinski definition) is 1. The van der Waals surface area contributed by atoms with Crippen LogP contribution >= 0.6 is 0 Å². The van der Waals surface area contributed by atoms with Gasteiger partial charge in [-0.3, -0.25) is 14.4 Å². The van der Waals surface area contributed by atoms with Crippen LogP contribution < -0.4 is 14.8 Å². The Bertz CT molecular complexity index is 847. The topological polar surface area (TPSA) is 90.9 Å². The molecule has 0 unspecified atom stereocenters. The van der Waals surface area contributed by atoms with E-state index in [0.29, 0.717) is 35.8 Å². The minimum Gasteiger partial charge on any atom is -0.494 e. The monoisotopic (exact) mass is 399 g/mol. The number of rotatable bonds is 10. The minimum absolute atomic E-state index is 0.320. The summed E-state index contributed by atoms with van der Waals surface area (Å²) >= 11 is 0. The summed E-state index contributed by atoms with van der Waals surface area (Å²) in [7, 11) is 0. The van der Waals surface area contributed by atoms with Gasteiger partial charge in [-0.15, -0.1) is 0 Å². The maximum atomic E-state index is 12.4. The number of nitrogens with one attached hydrogen (secondary N) is 1. The fourth-order valence-corrected chi connectivity index (χ4v) is 2.59. The average Bonchev–Trinajstić information content (AvgIpc) is 2.73. The van der Waals surface area contributed by atoms with Crippen LogP contribution in [0, 0.1) is 0 Å². The summed E-state index contributed by atoms with van der Waals surface area (Å²) in [5, 5.41) is 2.48. The summed E-state index contributed by atoms with van der Waals surface area (Å²) in [5.74, 6) is -0.423. The molecule has 1 N–H and O–H groups in total. The molecule has 1 atom stereocenters. The molecule has 1 amide bonds. The van der Waals surface area contributed by atoms with Crippen molar-refractivity contribution < 1.29 is 28.6 Å². The van der Waals surface area contributed by atoms with Gasteiger partial charge in [0.1, 0.15) is 18.0 Å². The zero-order valence-corrected chi connectivity index (χ0v) is 16.8. The van der Waals surface area contributed by atoms with Gasteiger partial charge in [0.05, 0.1) is 18.8 Å². The summed E-state index contributed by atoms with van der Waals surface area (Å²) in [4.78, 5) is 36.7. The number of hydrogen-bond acceptors (Lipinski definition) is 6. The average molecular weight is 399 g/mol. The van der Waals surface area contributed by atoms with Crippen LogP contribution in [0.1, 0.15) is 41.5 Å². The molecule has 7 heteroatoms. The fourth-order valence-electron chi connectivity index (χ4n) is 2.59. The van der Waals surface area contributed by atoms with Crippen molar-refractivity contribution in [1.29, 1.82) is 0 Å². The highest BCUT2D eigenvalue weighted by molar-refractivity contribution is 6.01. The molecule has 7 nitrogen and oxygen atoms in total. The van der Waals surface area contributed by atoms with E-state index < -0.39 is 18.0 Å². The first kappa shape index (κ1) is 21.9. The van der Waals surface area contributed by atoms with Crippen molar-refractivity contribution >= 4 is 17.7 Å². The molecule has 0 saturated carbocycles. The molecule has 0 saturated heterocycles. The Morgan fingerprint density at radius 3 is 2.24 bits per heavy atom. The van der Waals surface area contributed by atoms with Crippen LogP contribution in [0.2, 0.25) is 0 Å². The first-order valence-corrected chi connectivity index (χ1v) is 9.42. The quantitative estimate of drug-likeness (QED) is 0.488. The molecule has 2 aromatic carbocycles. The lowest BCUT2D eigenvalue weighted by Crippen LogP contribution is -2.34. The number of carbonyl (C=O) groups is 3. The third-order valence-electron chi connectivity index (χ3n) is 3.95. The van der Waals surface area contributed by atoms with Gasteiger partial charge in [-0.25, -0.2) is 0 Å². The van der Waals surface area contributed by atoms with Crippen LogP contribution in [0.15, 0.2) is 48.5 Å². The van der Waals surface area contributed by atoms with E-state index in [9.17, 15) is 14.4 Å². The smallest absolute Gasteiger partial charge is 0.326 e. The molecule has 0 aromatic heterocycles. The molecular weight excluding hydrogens is 374 g/mol. The summed E-state index contributed by atoms with van der Waals surface area (Å²) in [6.45, 7) is 5.76. The van der Waals surface area contributed by atoms with Crippen molar-refractivity contribution in [3.63, 3.8) is 0 Å². The highest BCUT2D eigenvalue weighted by atomic mass is 16.5. The number of esters is 1. The normalized spacial score (nSPS) is 11.3. The van der Waals surface area contributed by atoms with E-state index in [-0.39, 0.29) is 12.3 Å². The van der Waals surface area contributed by atoms with Crippen molar-refractivity contribution in [1.82, 2.24) is 5.32 Å². The number of para-hydroxylation sites is 1. The van der Waals surface area contributed by atoms with Gasteiger partial charge in [-0.05, 0) is 57.2 Å². The molecule has 29 heavy (non-hydrogen) atoms. The lowest BCUT2D eigenvalue weighted by atomic mass is 10.1. The lowest BCUT2D eigenvalue weighted by molar-refractivity contribution is -0.145. The van der Waals surface area contributed by atoms with Gasteiger partial charge in [0, 0.05) is 5.56 Å². The van der Waals surface area contributed by atoms with E-state index in [4.69, 9.17) is 14.2 Å². The van der Waals surface area contributed by atoms with Crippen LogP contribution in [0.25, 0.3) is 0 Å². The summed E-state index contributed by atoms with van der Waals surface area (Å²) in [6, 6.07) is 13.3. The third-order valence-corrected chi connectivity index (χ3v) is 3.95. The Hall–Kier alpha value is -3.35. The number of benzene rings is 2. The van der Waals surface area contributed by atoms with Gasteiger partial charge in [0.15, 0.2) is 6.10 Å². The van der Waals surface area contributed by atoms with E-state index in [1.807, 2.05) is 13.8 Å². The zero-order valence-electron chi connectivity index (χ0n) is 16.8. The fraction of sp³-hybridized carbons (Fsp3) is 0.318. The molecular formula is C22H25NO6. The Morgan fingerprint density at radius 2 is 1.59 bits per heavy atom. The van der Waals surface area contributed by atoms with Crippen molar-refractivity contribution in [3.05, 3.63) is 59.7 Å². The van der Waals surface area contributed by atoms with Gasteiger partial charge < -0.3 is 19.5 Å². The van der Waals surface area contributed by atoms with E-state index >= 15 is 0 Å². The van der Waals surface area contributed by atoms with Crippen LogP contribution in [-0.2, 0) is 9.53 Å². The Kier molecular flexibility index (Phi) is 8.21. The largest absolute Gasteiger partial charge is 0.494 e. The highest BCUT2D eigenvalue weighted by Gasteiger charge is 2.20. The number of carbonyl (C=O) groups excluding carboxylic acids is 3. The van der Waals surface area contributed by atoms with E-state index in [2.05, 4.69) is 5.32 Å². The lowest BCUT2D eigenvalue weighted by Gasteiger charge is -2.14. The Balaban J connectivity index is 1.88. The zero-order chi connectivity index (χ0) is 21.2. The molecule has 154 valence electrons. The molecule has 0 spiro atoms. The molecule has 0 radical (unpaired) electrons. The predicted molar refractivity (Wildman–Crippen MR) is 107 cm³/mol. The van der Waals surface area contributed by atoms with Gasteiger partial charge in [0.2, 0.25) is 5.78 Å². The van der Waals surface area contributed by atoms with Crippen molar-refractivity contribution in [2.75, 3.05) is 19.8 Å². The van der Waals surface area contributed by atoms with E-state index in [0.717, 1.165) is 0 Å². The molecule has 0 fully saturated rings. The molecule has 0 aliphatic heterocycles. The molecule has 0 aliphatic rings. The molecule has 2 rings (SSSR count). The van der Waals surface area contributed by atoms with Crippen molar-refractivity contribution in [3.8, 4) is 11.5 Å². The number of ether oxygens (including phenoxy) is 3. The maximum absolute atomic E-state index is 12.4. The van der Waals surface area contributed by atoms with Crippen molar-refractivity contribution in [2.24, 2.45) is 0 Å². The van der Waals surface area contributed by atoms with Crippen LogP contribution in [-0.4, -0.2) is 43.5 Å². The molecule has 2 aromatic rings. The SMILES string of the molecule is CCOc1ccc(C(=O)[C@@H](C)OC(=O)CNC(=O)c2ccccc2OCC)cc1. The molecule has 0 heterocycles. The Morgan fingerprint density at radius 1 is 0.931 bits per heavy atom. The van der Waals surface area contributed by atoms with Gasteiger partial charge in [-0.1, -0.05) is 12.1 Å². The second-order valence-corrected chi connectivity index (χ2v) is 6.07. The third kappa shape index (κ3) is 6.34. The predicted octanol–water partition coefficient (Wildman–Crippen LogP) is 3.03. The standard InChI is InChI=1S/C22H25NO6/c1-4-27-17-12-10-16(11-13-17)21(25)15(3)29-20(24)14-23-22(26)18-8-6-7-9-19(18)28-5-2/h6-13,15H,4-5,14H2,1-3H3,(H,23,26)/t15-/m1/s1. The van der Waals surface area contributed by atoms with Crippen LogP contribution in [0.4, 0.5) is 0 Å². The van der Waals surface area contributed by atoms with Crippen LogP contribution in [0.5, 0.6) is 11.5 Å². The minimum atomic E-state index is -0.979. The second kappa shape index (κ2) is 10.8. The highest BCUT2D eigenvalue weighted by Crippen LogP contribution is 2.18.